The van der Waals surface area contributed by atoms with E-state index in [9.17, 15) is 14.7 Å². The smallest absolute Gasteiger partial charge is 0.336 e. The number of carbonyl (C=O) groups is 2. The highest BCUT2D eigenvalue weighted by molar-refractivity contribution is 6.27. The quantitative estimate of drug-likeness (QED) is 0.152. The van der Waals surface area contributed by atoms with Gasteiger partial charge in [0.25, 0.3) is 5.91 Å². The lowest BCUT2D eigenvalue weighted by Crippen LogP contribution is -2.33. The maximum absolute atomic E-state index is 13.2. The van der Waals surface area contributed by atoms with Crippen molar-refractivity contribution in [1.29, 1.82) is 5.41 Å². The van der Waals surface area contributed by atoms with Gasteiger partial charge >= 0.3 is 5.97 Å². The molecule has 4 N–H and O–H groups in total. The number of para-hydroxylation sites is 2. The first-order valence-corrected chi connectivity index (χ1v) is 11.3. The van der Waals surface area contributed by atoms with Gasteiger partial charge in [0.15, 0.2) is 0 Å². The maximum Gasteiger partial charge on any atom is 0.336 e. The Bertz CT molecular complexity index is 1160. The fourth-order valence-corrected chi connectivity index (χ4v) is 3.91. The first-order chi connectivity index (χ1) is 15.8. The zero-order valence-corrected chi connectivity index (χ0v) is 19.4. The number of fused-ring (bicyclic) bond motifs is 1. The van der Waals surface area contributed by atoms with Gasteiger partial charge in [0, 0.05) is 12.6 Å². The van der Waals surface area contributed by atoms with Gasteiger partial charge in [-0.25, -0.2) is 9.78 Å². The molecule has 0 radical (unpaired) electrons. The summed E-state index contributed by atoms with van der Waals surface area (Å²) in [6.45, 7) is 4.63. The predicted octanol–water partition coefficient (Wildman–Crippen LogP) is 4.37. The molecule has 0 aliphatic rings. The molecule has 9 heteroatoms. The van der Waals surface area contributed by atoms with E-state index in [4.69, 9.17) is 22.0 Å². The number of carbonyl (C=O) groups excluding carboxylic acids is 1. The van der Waals surface area contributed by atoms with Crippen LogP contribution in [0.15, 0.2) is 48.5 Å². The lowest BCUT2D eigenvalue weighted by Gasteiger charge is -2.22. The topological polar surface area (TPSA) is 120 Å². The highest BCUT2D eigenvalue weighted by atomic mass is 35.5. The van der Waals surface area contributed by atoms with Crippen LogP contribution in [-0.2, 0) is 0 Å². The number of aromatic carboxylic acids is 1. The molecule has 0 fully saturated rings. The Morgan fingerprint density at radius 1 is 1.12 bits per heavy atom. The van der Waals surface area contributed by atoms with Crippen LogP contribution in [0.4, 0.5) is 0 Å². The number of carboxylic acids is 1. The minimum absolute atomic E-state index is 0.0525. The standard InChI is InChI=1S/C24H28ClN5O3/c1-15(2)30-20-12-6-5-10-18(20)28-22(30)19(11-7-13-27-21(26)14-25)29-23(31)16-8-3-4-9-17(16)24(32)33/h3-6,8-10,12,15,19H,7,11,13-14H2,1-2H3,(H2,26,27)(H,29,31)(H,32,33)/t19-/m0/s1. The number of amides is 1. The normalized spacial score (nSPS) is 12.0. The molecule has 0 aliphatic heterocycles. The number of aromatic nitrogens is 2. The summed E-state index contributed by atoms with van der Waals surface area (Å²) in [5.41, 5.74) is 1.84. The first-order valence-electron chi connectivity index (χ1n) is 10.8. The van der Waals surface area contributed by atoms with Crippen molar-refractivity contribution in [2.24, 2.45) is 0 Å². The number of nitrogens with one attached hydrogen (secondary N) is 3. The first kappa shape index (κ1) is 24.3. The lowest BCUT2D eigenvalue weighted by atomic mass is 10.0. The summed E-state index contributed by atoms with van der Waals surface area (Å²) in [5.74, 6) is -0.575. The van der Waals surface area contributed by atoms with E-state index >= 15 is 0 Å². The third kappa shape index (κ3) is 5.70. The molecule has 0 saturated carbocycles. The molecule has 1 atom stereocenters. The molecule has 0 bridgehead atoms. The van der Waals surface area contributed by atoms with E-state index in [0.29, 0.717) is 25.2 Å². The Morgan fingerprint density at radius 3 is 2.45 bits per heavy atom. The molecule has 8 nitrogen and oxygen atoms in total. The van der Waals surface area contributed by atoms with Gasteiger partial charge in [-0.15, -0.1) is 11.6 Å². The molecule has 2 aromatic carbocycles. The molecule has 0 unspecified atom stereocenters. The number of amidine groups is 1. The lowest BCUT2D eigenvalue weighted by molar-refractivity contribution is 0.0690. The Morgan fingerprint density at radius 2 is 1.79 bits per heavy atom. The van der Waals surface area contributed by atoms with Gasteiger partial charge in [-0.1, -0.05) is 24.3 Å². The maximum atomic E-state index is 13.2. The number of nitrogens with zero attached hydrogens (tertiary/aromatic N) is 2. The monoisotopic (exact) mass is 469 g/mol. The van der Waals surface area contributed by atoms with Crippen LogP contribution in [0.25, 0.3) is 11.0 Å². The minimum Gasteiger partial charge on any atom is -0.478 e. The van der Waals surface area contributed by atoms with Crippen molar-refractivity contribution < 1.29 is 14.7 Å². The summed E-state index contributed by atoms with van der Waals surface area (Å²) < 4.78 is 2.09. The SMILES string of the molecule is CC(C)n1c([C@H](CCCNC(=N)CCl)NC(=O)c2ccccc2C(=O)O)nc2ccccc21. The molecule has 33 heavy (non-hydrogen) atoms. The number of hydrogen-bond donors (Lipinski definition) is 4. The molecular formula is C24H28ClN5O3. The largest absolute Gasteiger partial charge is 0.478 e. The number of rotatable bonds is 10. The van der Waals surface area contributed by atoms with Gasteiger partial charge in [0.05, 0.1) is 34.1 Å². The molecule has 0 spiro atoms. The molecular weight excluding hydrogens is 442 g/mol. The van der Waals surface area contributed by atoms with Crippen LogP contribution in [0, 0.1) is 5.41 Å². The van der Waals surface area contributed by atoms with E-state index < -0.39 is 17.9 Å². The Kier molecular flexibility index (Phi) is 8.06. The summed E-state index contributed by atoms with van der Waals surface area (Å²) in [4.78, 5) is 29.6. The number of alkyl halides is 1. The summed E-state index contributed by atoms with van der Waals surface area (Å²) in [6, 6.07) is 13.6. The zero-order valence-electron chi connectivity index (χ0n) is 18.6. The van der Waals surface area contributed by atoms with Crippen LogP contribution in [-0.4, -0.2) is 44.8 Å². The molecule has 1 amide bonds. The number of benzene rings is 2. The van der Waals surface area contributed by atoms with Crippen molar-refractivity contribution in [3.05, 3.63) is 65.5 Å². The fraction of sp³-hybridized carbons (Fsp3) is 0.333. The molecule has 3 rings (SSSR count). The van der Waals surface area contributed by atoms with Gasteiger partial charge in [0.1, 0.15) is 11.7 Å². The molecule has 1 aromatic heterocycles. The second kappa shape index (κ2) is 11.0. The van der Waals surface area contributed by atoms with Gasteiger partial charge in [0.2, 0.25) is 0 Å². The van der Waals surface area contributed by atoms with Crippen LogP contribution in [0.2, 0.25) is 0 Å². The van der Waals surface area contributed by atoms with Gasteiger partial charge in [-0.05, 0) is 51.0 Å². The highest BCUT2D eigenvalue weighted by Gasteiger charge is 2.25. The van der Waals surface area contributed by atoms with Crippen molar-refractivity contribution in [2.45, 2.75) is 38.8 Å². The van der Waals surface area contributed by atoms with Gasteiger partial charge in [-0.2, -0.15) is 0 Å². The summed E-state index contributed by atoms with van der Waals surface area (Å²) in [5, 5.41) is 23.1. The number of halogens is 1. The van der Waals surface area contributed by atoms with Gasteiger partial charge in [-0.3, -0.25) is 10.2 Å². The Hall–Kier alpha value is -3.39. The van der Waals surface area contributed by atoms with E-state index in [1.165, 1.54) is 12.1 Å². The van der Waals surface area contributed by atoms with Crippen LogP contribution in [0.5, 0.6) is 0 Å². The summed E-state index contributed by atoms with van der Waals surface area (Å²) in [6.07, 6.45) is 1.19. The van der Waals surface area contributed by atoms with Crippen LogP contribution >= 0.6 is 11.6 Å². The molecule has 0 saturated heterocycles. The third-order valence-corrected chi connectivity index (χ3v) is 5.57. The van der Waals surface area contributed by atoms with E-state index in [1.54, 1.807) is 12.1 Å². The third-order valence-electron chi connectivity index (χ3n) is 5.30. The predicted molar refractivity (Wildman–Crippen MR) is 129 cm³/mol. The highest BCUT2D eigenvalue weighted by Crippen LogP contribution is 2.28. The summed E-state index contributed by atoms with van der Waals surface area (Å²) in [7, 11) is 0. The van der Waals surface area contributed by atoms with Crippen LogP contribution < -0.4 is 10.6 Å². The van der Waals surface area contributed by atoms with E-state index in [1.807, 2.05) is 24.3 Å². The van der Waals surface area contributed by atoms with E-state index in [2.05, 4.69) is 29.0 Å². The molecule has 1 heterocycles. The van der Waals surface area contributed by atoms with E-state index in [0.717, 1.165) is 11.0 Å². The van der Waals surface area contributed by atoms with Gasteiger partial charge < -0.3 is 20.3 Å². The van der Waals surface area contributed by atoms with E-state index in [-0.39, 0.29) is 28.9 Å². The zero-order chi connectivity index (χ0) is 24.0. The number of carboxylic acid groups (broad SMARTS) is 1. The van der Waals surface area contributed by atoms with Crippen LogP contribution in [0.3, 0.4) is 0 Å². The number of hydrogen-bond acceptors (Lipinski definition) is 4. The second-order valence-corrected chi connectivity index (χ2v) is 8.25. The van der Waals surface area contributed by atoms with Crippen molar-refractivity contribution >= 4 is 40.3 Å². The Labute approximate surface area is 197 Å². The molecule has 0 aliphatic carbocycles. The average molecular weight is 470 g/mol. The van der Waals surface area contributed by atoms with Crippen LogP contribution in [0.1, 0.15) is 65.3 Å². The Balaban J connectivity index is 1.95. The molecule has 3 aromatic rings. The number of imidazole rings is 1. The van der Waals surface area contributed by atoms with Crippen molar-refractivity contribution in [3.8, 4) is 0 Å². The average Bonchev–Trinajstić information content (AvgIpc) is 3.20. The minimum atomic E-state index is -1.16. The fourth-order valence-electron chi connectivity index (χ4n) is 3.81. The second-order valence-electron chi connectivity index (χ2n) is 7.98. The summed E-state index contributed by atoms with van der Waals surface area (Å²) >= 11 is 5.66. The van der Waals surface area contributed by atoms with Crippen molar-refractivity contribution in [3.63, 3.8) is 0 Å². The van der Waals surface area contributed by atoms with Crippen molar-refractivity contribution in [2.75, 3.05) is 12.4 Å². The van der Waals surface area contributed by atoms with Crippen molar-refractivity contribution in [1.82, 2.24) is 20.2 Å². The molecule has 174 valence electrons.